The Kier molecular flexibility index (Phi) is 5.09. The number of aromatic nitrogens is 2. The second kappa shape index (κ2) is 7.54. The number of likely N-dealkylation sites (N-methyl/N-ethyl adjacent to an activating group) is 1. The lowest BCUT2D eigenvalue weighted by Gasteiger charge is -2.10. The van der Waals surface area contributed by atoms with Crippen LogP contribution in [0.3, 0.4) is 0 Å². The molecule has 28 heavy (non-hydrogen) atoms. The van der Waals surface area contributed by atoms with Crippen LogP contribution in [0.15, 0.2) is 68.3 Å². The monoisotopic (exact) mass is 425 g/mol. The van der Waals surface area contributed by atoms with E-state index in [1.807, 2.05) is 49.4 Å². The van der Waals surface area contributed by atoms with Crippen molar-refractivity contribution in [1.29, 1.82) is 0 Å². The van der Waals surface area contributed by atoms with Crippen LogP contribution in [-0.2, 0) is 4.79 Å². The molecule has 4 rings (SSSR count). The smallest absolute Gasteiger partial charge is 0.266 e. The molecule has 0 N–H and O–H groups in total. The lowest BCUT2D eigenvalue weighted by molar-refractivity contribution is -0.121. The number of hydrogen-bond acceptors (Lipinski definition) is 6. The molecule has 0 unspecified atom stereocenters. The third-order valence-electron chi connectivity index (χ3n) is 4.27. The summed E-state index contributed by atoms with van der Waals surface area (Å²) in [6.07, 6.45) is 3.30. The van der Waals surface area contributed by atoms with Gasteiger partial charge in [0.1, 0.15) is 15.0 Å². The molecule has 0 bridgehead atoms. The van der Waals surface area contributed by atoms with Crippen LogP contribution in [0.25, 0.3) is 11.7 Å². The van der Waals surface area contributed by atoms with Crippen molar-refractivity contribution in [2.75, 3.05) is 7.05 Å². The molecule has 3 aromatic rings. The number of fused-ring (bicyclic) bond motifs is 1. The minimum atomic E-state index is -0.214. The zero-order valence-corrected chi connectivity index (χ0v) is 17.5. The molecule has 140 valence electrons. The predicted octanol–water partition coefficient (Wildman–Crippen LogP) is 3.99. The standard InChI is InChI=1S/C20H15N3O2S3/c1-12-7-6-10-23-16(12)21-17(27-13-8-4-3-5-9-13)14(18(23)24)11-15-19(25)22(2)20(26)28-15/h3-11H,1-2H3/b15-11-. The summed E-state index contributed by atoms with van der Waals surface area (Å²) < 4.78 is 1.99. The summed E-state index contributed by atoms with van der Waals surface area (Å²) in [4.78, 5) is 33.2. The Labute approximate surface area is 175 Å². The van der Waals surface area contributed by atoms with Crippen LogP contribution in [0.4, 0.5) is 0 Å². The van der Waals surface area contributed by atoms with Gasteiger partial charge in [0.15, 0.2) is 0 Å². The van der Waals surface area contributed by atoms with Gasteiger partial charge < -0.3 is 0 Å². The first kappa shape index (κ1) is 18.9. The van der Waals surface area contributed by atoms with E-state index < -0.39 is 0 Å². The maximum Gasteiger partial charge on any atom is 0.266 e. The lowest BCUT2D eigenvalue weighted by Crippen LogP contribution is -2.23. The first-order valence-corrected chi connectivity index (χ1v) is 10.5. The molecule has 2 aromatic heterocycles. The molecule has 0 spiro atoms. The molecule has 1 aliphatic rings. The van der Waals surface area contributed by atoms with E-state index in [1.54, 1.807) is 19.3 Å². The van der Waals surface area contributed by atoms with Gasteiger partial charge in [-0.3, -0.25) is 18.9 Å². The molecule has 0 atom stereocenters. The molecule has 0 radical (unpaired) electrons. The van der Waals surface area contributed by atoms with Crippen molar-refractivity contribution in [1.82, 2.24) is 14.3 Å². The number of thiocarbonyl (C=S) groups is 1. The van der Waals surface area contributed by atoms with Gasteiger partial charge in [0.05, 0.1) is 10.5 Å². The van der Waals surface area contributed by atoms with E-state index in [9.17, 15) is 9.59 Å². The van der Waals surface area contributed by atoms with Gasteiger partial charge in [0.25, 0.3) is 11.5 Å². The predicted molar refractivity (Wildman–Crippen MR) is 118 cm³/mol. The topological polar surface area (TPSA) is 54.7 Å². The van der Waals surface area contributed by atoms with Crippen molar-refractivity contribution < 1.29 is 4.79 Å². The number of nitrogens with zero attached hydrogens (tertiary/aromatic N) is 3. The van der Waals surface area contributed by atoms with E-state index in [0.29, 0.717) is 25.5 Å². The van der Waals surface area contributed by atoms with Crippen LogP contribution >= 0.6 is 35.7 Å². The molecule has 1 aliphatic heterocycles. The van der Waals surface area contributed by atoms with Crippen molar-refractivity contribution in [3.05, 3.63) is 75.0 Å². The zero-order chi connectivity index (χ0) is 19.8. The molecule has 5 nitrogen and oxygen atoms in total. The second-order valence-electron chi connectivity index (χ2n) is 6.18. The average molecular weight is 426 g/mol. The fraction of sp³-hybridized carbons (Fsp3) is 0.100. The summed E-state index contributed by atoms with van der Waals surface area (Å²) in [5.74, 6) is -0.209. The number of pyridine rings is 1. The Morgan fingerprint density at radius 3 is 2.57 bits per heavy atom. The number of carbonyl (C=O) groups is 1. The van der Waals surface area contributed by atoms with Gasteiger partial charge in [0, 0.05) is 18.1 Å². The fourth-order valence-corrected chi connectivity index (χ4v) is 4.84. The van der Waals surface area contributed by atoms with Crippen LogP contribution in [0, 0.1) is 6.92 Å². The maximum atomic E-state index is 13.2. The van der Waals surface area contributed by atoms with Gasteiger partial charge in [-0.05, 0) is 36.8 Å². The highest BCUT2D eigenvalue weighted by atomic mass is 32.2. The SMILES string of the molecule is Cc1cccn2c(=O)c(/C=C3\SC(=S)N(C)C3=O)c(Sc3ccccc3)nc12. The average Bonchev–Trinajstić information content (AvgIpc) is 2.93. The summed E-state index contributed by atoms with van der Waals surface area (Å²) in [7, 11) is 1.63. The summed E-state index contributed by atoms with van der Waals surface area (Å²) in [6.45, 7) is 1.92. The number of benzene rings is 1. The molecule has 1 saturated heterocycles. The van der Waals surface area contributed by atoms with Gasteiger partial charge in [-0.2, -0.15) is 0 Å². The van der Waals surface area contributed by atoms with Crippen LogP contribution in [0.1, 0.15) is 11.1 Å². The Hall–Kier alpha value is -2.42. The third-order valence-corrected chi connectivity index (χ3v) is 6.77. The van der Waals surface area contributed by atoms with Crippen molar-refractivity contribution in [3.8, 4) is 0 Å². The molecule has 3 heterocycles. The molecule has 1 fully saturated rings. The van der Waals surface area contributed by atoms with Crippen molar-refractivity contribution in [2.24, 2.45) is 0 Å². The van der Waals surface area contributed by atoms with Crippen LogP contribution in [0.2, 0.25) is 0 Å². The number of amides is 1. The molecule has 1 amide bonds. The molecule has 0 saturated carbocycles. The summed E-state index contributed by atoms with van der Waals surface area (Å²) >= 11 is 7.79. The van der Waals surface area contributed by atoms with E-state index in [4.69, 9.17) is 17.2 Å². The molecule has 0 aliphatic carbocycles. The number of thioether (sulfide) groups is 1. The van der Waals surface area contributed by atoms with Gasteiger partial charge >= 0.3 is 0 Å². The quantitative estimate of drug-likeness (QED) is 0.359. The Bertz CT molecular complexity index is 1200. The summed E-state index contributed by atoms with van der Waals surface area (Å²) in [5, 5.41) is 0.562. The Morgan fingerprint density at radius 1 is 1.14 bits per heavy atom. The van der Waals surface area contributed by atoms with E-state index >= 15 is 0 Å². The lowest BCUT2D eigenvalue weighted by atomic mass is 10.2. The number of hydrogen-bond donors (Lipinski definition) is 0. The van der Waals surface area contributed by atoms with Crippen LogP contribution in [0.5, 0.6) is 0 Å². The van der Waals surface area contributed by atoms with Gasteiger partial charge in [-0.1, -0.05) is 60.0 Å². The van der Waals surface area contributed by atoms with Crippen molar-refractivity contribution >= 4 is 57.7 Å². The Balaban J connectivity index is 1.94. The van der Waals surface area contributed by atoms with E-state index in [0.717, 1.165) is 10.5 Å². The zero-order valence-electron chi connectivity index (χ0n) is 15.1. The summed E-state index contributed by atoms with van der Waals surface area (Å²) in [5.41, 5.74) is 1.67. The van der Waals surface area contributed by atoms with Gasteiger partial charge in [-0.15, -0.1) is 0 Å². The number of aryl methyl sites for hydroxylation is 1. The number of carbonyl (C=O) groups excluding carboxylic acids is 1. The van der Waals surface area contributed by atoms with E-state index in [2.05, 4.69) is 0 Å². The highest BCUT2D eigenvalue weighted by Gasteiger charge is 2.29. The van der Waals surface area contributed by atoms with E-state index in [1.165, 1.54) is 32.8 Å². The largest absolute Gasteiger partial charge is 0.296 e. The van der Waals surface area contributed by atoms with Crippen LogP contribution in [-0.4, -0.2) is 31.6 Å². The van der Waals surface area contributed by atoms with Crippen molar-refractivity contribution in [3.63, 3.8) is 0 Å². The molecule has 8 heteroatoms. The fourth-order valence-electron chi connectivity index (χ4n) is 2.77. The number of rotatable bonds is 3. The Morgan fingerprint density at radius 2 is 1.89 bits per heavy atom. The maximum absolute atomic E-state index is 13.2. The molecular weight excluding hydrogens is 410 g/mol. The van der Waals surface area contributed by atoms with Crippen molar-refractivity contribution in [2.45, 2.75) is 16.8 Å². The molecular formula is C20H15N3O2S3. The first-order chi connectivity index (χ1) is 13.5. The summed E-state index contributed by atoms with van der Waals surface area (Å²) in [6, 6.07) is 13.4. The minimum absolute atomic E-state index is 0.209. The highest BCUT2D eigenvalue weighted by molar-refractivity contribution is 8.26. The van der Waals surface area contributed by atoms with E-state index in [-0.39, 0.29) is 11.5 Å². The molecule has 1 aromatic carbocycles. The second-order valence-corrected chi connectivity index (χ2v) is 8.91. The minimum Gasteiger partial charge on any atom is -0.296 e. The van der Waals surface area contributed by atoms with Crippen LogP contribution < -0.4 is 5.56 Å². The highest BCUT2D eigenvalue weighted by Crippen LogP contribution is 2.34. The first-order valence-electron chi connectivity index (χ1n) is 8.42. The van der Waals surface area contributed by atoms with Gasteiger partial charge in [-0.25, -0.2) is 4.98 Å². The van der Waals surface area contributed by atoms with Gasteiger partial charge in [0.2, 0.25) is 0 Å². The normalized spacial score (nSPS) is 15.8. The third kappa shape index (κ3) is 3.39.